The molecule has 0 saturated heterocycles. The van der Waals surface area contributed by atoms with E-state index in [0.717, 1.165) is 6.29 Å². The fourth-order valence-electron chi connectivity index (χ4n) is 1.59. The van der Waals surface area contributed by atoms with E-state index < -0.39 is 6.10 Å². The number of hydrogen-bond donors (Lipinski definition) is 1. The first-order valence-corrected chi connectivity index (χ1v) is 7.61. The Kier molecular flexibility index (Phi) is 7.71. The normalized spacial score (nSPS) is 12.3. The van der Waals surface area contributed by atoms with E-state index in [2.05, 4.69) is 15.9 Å². The smallest absolute Gasteiger partial charge is 0.175 e. The summed E-state index contributed by atoms with van der Waals surface area (Å²) >= 11 is 3.34. The van der Waals surface area contributed by atoms with Gasteiger partial charge < -0.3 is 19.3 Å². The zero-order valence-corrected chi connectivity index (χ0v) is 14.1. The molecule has 0 bridgehead atoms. The number of aliphatic hydroxyl groups is 1. The van der Waals surface area contributed by atoms with E-state index in [9.17, 15) is 9.90 Å². The number of rotatable bonds is 9. The van der Waals surface area contributed by atoms with Gasteiger partial charge in [0, 0.05) is 5.56 Å². The van der Waals surface area contributed by atoms with Gasteiger partial charge in [0.2, 0.25) is 0 Å². The van der Waals surface area contributed by atoms with Crippen LogP contribution >= 0.6 is 15.9 Å². The van der Waals surface area contributed by atoms with Crippen LogP contribution in [0.5, 0.6) is 11.5 Å². The highest BCUT2D eigenvalue weighted by Crippen LogP contribution is 2.36. The third kappa shape index (κ3) is 6.03. The van der Waals surface area contributed by atoms with Crippen molar-refractivity contribution in [2.75, 3.05) is 19.8 Å². The molecule has 1 N–H and O–H groups in total. The Bertz CT molecular complexity index is 462. The summed E-state index contributed by atoms with van der Waals surface area (Å²) in [6, 6.07) is 3.25. The first kappa shape index (κ1) is 17.9. The maximum Gasteiger partial charge on any atom is 0.175 e. The number of halogens is 1. The quantitative estimate of drug-likeness (QED) is 0.686. The van der Waals surface area contributed by atoms with Gasteiger partial charge in [-0.05, 0) is 48.8 Å². The van der Waals surface area contributed by atoms with Gasteiger partial charge in [0.15, 0.2) is 11.5 Å². The molecule has 0 heterocycles. The van der Waals surface area contributed by atoms with Crippen molar-refractivity contribution in [3.05, 3.63) is 22.2 Å². The van der Waals surface area contributed by atoms with E-state index in [0.29, 0.717) is 28.1 Å². The van der Waals surface area contributed by atoms with Crippen LogP contribution in [0.3, 0.4) is 0 Å². The monoisotopic (exact) mass is 360 g/mol. The van der Waals surface area contributed by atoms with E-state index in [1.165, 1.54) is 0 Å². The maximum atomic E-state index is 10.9. The molecule has 0 radical (unpaired) electrons. The van der Waals surface area contributed by atoms with Crippen LogP contribution < -0.4 is 9.47 Å². The zero-order valence-electron chi connectivity index (χ0n) is 12.5. The zero-order chi connectivity index (χ0) is 15.8. The molecular weight excluding hydrogens is 340 g/mol. The predicted octanol–water partition coefficient (Wildman–Crippen LogP) is 2.83. The fraction of sp³-hybridized carbons (Fsp3) is 0.533. The van der Waals surface area contributed by atoms with Gasteiger partial charge in [0.1, 0.15) is 19.0 Å². The van der Waals surface area contributed by atoms with E-state index >= 15 is 0 Å². The van der Waals surface area contributed by atoms with Crippen LogP contribution in [-0.2, 0) is 4.74 Å². The second kappa shape index (κ2) is 9.02. The van der Waals surface area contributed by atoms with Crippen LogP contribution in [0.2, 0.25) is 0 Å². The SMILES string of the molecule is CCOc1cc(C=O)cc(Br)c1OCC(O)COC(C)C. The molecule has 1 rings (SSSR count). The summed E-state index contributed by atoms with van der Waals surface area (Å²) in [4.78, 5) is 10.9. The maximum absolute atomic E-state index is 10.9. The summed E-state index contributed by atoms with van der Waals surface area (Å²) in [6.45, 7) is 6.36. The first-order valence-electron chi connectivity index (χ1n) is 6.81. The van der Waals surface area contributed by atoms with E-state index in [1.807, 2.05) is 20.8 Å². The highest BCUT2D eigenvalue weighted by molar-refractivity contribution is 9.10. The average Bonchev–Trinajstić information content (AvgIpc) is 2.44. The predicted molar refractivity (Wildman–Crippen MR) is 83.3 cm³/mol. The standard InChI is InChI=1S/C15H21BrO5/c1-4-19-14-6-11(7-17)5-13(16)15(14)21-9-12(18)8-20-10(2)3/h5-7,10,12,18H,4,8-9H2,1-3H3. The van der Waals surface area contributed by atoms with Crippen molar-refractivity contribution >= 4 is 22.2 Å². The molecule has 0 fully saturated rings. The van der Waals surface area contributed by atoms with Crippen LogP contribution in [0.15, 0.2) is 16.6 Å². The van der Waals surface area contributed by atoms with Gasteiger partial charge in [-0.2, -0.15) is 0 Å². The molecule has 0 saturated carbocycles. The fourth-order valence-corrected chi connectivity index (χ4v) is 2.16. The van der Waals surface area contributed by atoms with Crippen LogP contribution in [0.25, 0.3) is 0 Å². The lowest BCUT2D eigenvalue weighted by atomic mass is 10.2. The molecule has 5 nitrogen and oxygen atoms in total. The average molecular weight is 361 g/mol. The molecule has 6 heteroatoms. The number of aliphatic hydroxyl groups excluding tert-OH is 1. The number of carbonyl (C=O) groups excluding carboxylic acids is 1. The molecule has 1 atom stereocenters. The molecule has 1 aromatic rings. The van der Waals surface area contributed by atoms with Crippen LogP contribution in [0, 0.1) is 0 Å². The number of benzene rings is 1. The number of carbonyl (C=O) groups is 1. The number of aldehydes is 1. The largest absolute Gasteiger partial charge is 0.490 e. The Morgan fingerprint density at radius 1 is 1.29 bits per heavy atom. The van der Waals surface area contributed by atoms with Gasteiger partial charge >= 0.3 is 0 Å². The summed E-state index contributed by atoms with van der Waals surface area (Å²) in [5, 5.41) is 9.81. The topological polar surface area (TPSA) is 65.0 Å². The molecule has 1 aromatic carbocycles. The minimum absolute atomic E-state index is 0.0530. The van der Waals surface area contributed by atoms with Crippen LogP contribution in [-0.4, -0.2) is 43.4 Å². The number of hydrogen-bond acceptors (Lipinski definition) is 5. The Labute approximate surface area is 133 Å². The van der Waals surface area contributed by atoms with E-state index in [4.69, 9.17) is 14.2 Å². The van der Waals surface area contributed by atoms with Crippen molar-refractivity contribution in [3.63, 3.8) is 0 Å². The van der Waals surface area contributed by atoms with Crippen molar-refractivity contribution in [2.24, 2.45) is 0 Å². The highest BCUT2D eigenvalue weighted by atomic mass is 79.9. The molecule has 0 aromatic heterocycles. The van der Waals surface area contributed by atoms with Crippen molar-refractivity contribution in [1.29, 1.82) is 0 Å². The molecule has 0 aliphatic carbocycles. The highest BCUT2D eigenvalue weighted by Gasteiger charge is 2.14. The molecule has 0 spiro atoms. The van der Waals surface area contributed by atoms with Gasteiger partial charge in [-0.15, -0.1) is 0 Å². The summed E-state index contributed by atoms with van der Waals surface area (Å²) in [6.07, 6.45) is 0.0549. The van der Waals surface area contributed by atoms with Crippen molar-refractivity contribution < 1.29 is 24.1 Å². The molecule has 0 amide bonds. The molecule has 1 unspecified atom stereocenters. The second-order valence-electron chi connectivity index (χ2n) is 4.73. The van der Waals surface area contributed by atoms with Crippen molar-refractivity contribution in [3.8, 4) is 11.5 Å². The minimum Gasteiger partial charge on any atom is -0.490 e. The Morgan fingerprint density at radius 2 is 2.00 bits per heavy atom. The Balaban J connectivity index is 2.74. The Hall–Kier alpha value is -1.11. The van der Waals surface area contributed by atoms with Crippen molar-refractivity contribution in [2.45, 2.75) is 33.0 Å². The number of ether oxygens (including phenoxy) is 3. The Morgan fingerprint density at radius 3 is 2.57 bits per heavy atom. The summed E-state index contributed by atoms with van der Waals surface area (Å²) in [5.74, 6) is 0.928. The van der Waals surface area contributed by atoms with E-state index in [1.54, 1.807) is 12.1 Å². The lowest BCUT2D eigenvalue weighted by Gasteiger charge is -2.17. The van der Waals surface area contributed by atoms with Crippen LogP contribution in [0.4, 0.5) is 0 Å². The third-order valence-electron chi connectivity index (χ3n) is 2.51. The molecule has 0 aliphatic heterocycles. The molecule has 21 heavy (non-hydrogen) atoms. The lowest BCUT2D eigenvalue weighted by Crippen LogP contribution is -2.25. The van der Waals surface area contributed by atoms with Gasteiger partial charge in [-0.1, -0.05) is 0 Å². The van der Waals surface area contributed by atoms with Crippen molar-refractivity contribution in [1.82, 2.24) is 0 Å². The second-order valence-corrected chi connectivity index (χ2v) is 5.58. The van der Waals surface area contributed by atoms with Gasteiger partial charge in [0.05, 0.1) is 23.8 Å². The molecule has 118 valence electrons. The summed E-state index contributed by atoms with van der Waals surface area (Å²) < 4.78 is 17.0. The summed E-state index contributed by atoms with van der Waals surface area (Å²) in [7, 11) is 0. The third-order valence-corrected chi connectivity index (χ3v) is 3.10. The van der Waals surface area contributed by atoms with Gasteiger partial charge in [-0.25, -0.2) is 0 Å². The molecular formula is C15H21BrO5. The van der Waals surface area contributed by atoms with Gasteiger partial charge in [-0.3, -0.25) is 4.79 Å². The van der Waals surface area contributed by atoms with Crippen LogP contribution in [0.1, 0.15) is 31.1 Å². The van der Waals surface area contributed by atoms with E-state index in [-0.39, 0.29) is 19.3 Å². The first-order chi connectivity index (χ1) is 9.97. The molecule has 0 aliphatic rings. The summed E-state index contributed by atoms with van der Waals surface area (Å²) in [5.41, 5.74) is 0.487. The van der Waals surface area contributed by atoms with Gasteiger partial charge in [0.25, 0.3) is 0 Å². The lowest BCUT2D eigenvalue weighted by molar-refractivity contribution is -0.0127. The minimum atomic E-state index is -0.737.